The van der Waals surface area contributed by atoms with Crippen LogP contribution in [0.1, 0.15) is 11.1 Å². The van der Waals surface area contributed by atoms with Gasteiger partial charge in [0.25, 0.3) is 0 Å². The molecule has 0 amide bonds. The van der Waals surface area contributed by atoms with Gasteiger partial charge in [0.05, 0.1) is 16.1 Å². The molecule has 31 heavy (non-hydrogen) atoms. The molecular formula is C26H18N2OS2. The van der Waals surface area contributed by atoms with Crippen LogP contribution in [0.2, 0.25) is 0 Å². The van der Waals surface area contributed by atoms with Crippen LogP contribution in [-0.4, -0.2) is 9.08 Å². The lowest BCUT2D eigenvalue weighted by atomic mass is 9.96. The number of phenols is 1. The van der Waals surface area contributed by atoms with E-state index in [0.29, 0.717) is 5.56 Å². The van der Waals surface area contributed by atoms with Crippen LogP contribution in [0.4, 0.5) is 0 Å². The summed E-state index contributed by atoms with van der Waals surface area (Å²) in [6, 6.07) is 28.3. The number of benzene rings is 3. The smallest absolute Gasteiger partial charge is 0.133 e. The molecule has 0 atom stereocenters. The summed E-state index contributed by atoms with van der Waals surface area (Å²) in [4.78, 5) is 2.24. The summed E-state index contributed by atoms with van der Waals surface area (Å²) < 4.78 is 2.24. The van der Waals surface area contributed by atoms with Crippen molar-refractivity contribution in [2.45, 2.75) is 11.8 Å². The zero-order valence-electron chi connectivity index (χ0n) is 16.7. The molecule has 5 aromatic rings. The van der Waals surface area contributed by atoms with Gasteiger partial charge in [-0.05, 0) is 54.6 Å². The van der Waals surface area contributed by atoms with E-state index in [0.717, 1.165) is 37.5 Å². The highest BCUT2D eigenvalue weighted by Crippen LogP contribution is 2.47. The number of fused-ring (bicyclic) bond motifs is 1. The van der Waals surface area contributed by atoms with Gasteiger partial charge in [-0.2, -0.15) is 5.26 Å². The Balaban J connectivity index is 1.86. The van der Waals surface area contributed by atoms with Crippen LogP contribution < -0.4 is 0 Å². The van der Waals surface area contributed by atoms with E-state index < -0.39 is 0 Å². The molecule has 3 aromatic carbocycles. The maximum atomic E-state index is 10.4. The number of hydrogen-bond donors (Lipinski definition) is 1. The number of phenolic OH excluding ortho intramolecular Hbond substituents is 1. The first kappa shape index (κ1) is 19.5. The van der Waals surface area contributed by atoms with Crippen molar-refractivity contribution in [3.8, 4) is 33.5 Å². The first-order chi connectivity index (χ1) is 15.2. The summed E-state index contributed by atoms with van der Waals surface area (Å²) in [6.45, 7) is 2.08. The molecule has 1 N–H and O–H groups in total. The molecule has 5 rings (SSSR count). The minimum absolute atomic E-state index is 0.000137. The van der Waals surface area contributed by atoms with E-state index in [2.05, 4.69) is 64.8 Å². The fourth-order valence-electron chi connectivity index (χ4n) is 3.79. The fraction of sp³-hybridized carbons (Fsp3) is 0.0385. The normalized spacial score (nSPS) is 11.0. The summed E-state index contributed by atoms with van der Waals surface area (Å²) in [5.74, 6) is 0.000137. The Bertz CT molecular complexity index is 1430. The third kappa shape index (κ3) is 3.40. The first-order valence-electron chi connectivity index (χ1n) is 9.82. The second-order valence-corrected chi connectivity index (χ2v) is 9.20. The lowest BCUT2D eigenvalue weighted by Gasteiger charge is -2.12. The van der Waals surface area contributed by atoms with Gasteiger partial charge in [-0.15, -0.1) is 11.3 Å². The molecule has 0 fully saturated rings. The van der Waals surface area contributed by atoms with E-state index in [1.807, 2.05) is 24.3 Å². The van der Waals surface area contributed by atoms with E-state index in [1.165, 1.54) is 5.56 Å². The Labute approximate surface area is 189 Å². The minimum atomic E-state index is 0.000137. The Kier molecular flexibility index (Phi) is 5.03. The monoisotopic (exact) mass is 438 g/mol. The van der Waals surface area contributed by atoms with Gasteiger partial charge in [0.15, 0.2) is 0 Å². The number of nitrogens with zero attached hydrogens (tertiary/aromatic N) is 2. The van der Waals surface area contributed by atoms with Crippen molar-refractivity contribution in [1.29, 1.82) is 5.26 Å². The van der Waals surface area contributed by atoms with E-state index >= 15 is 0 Å². The Hall–Kier alpha value is -3.46. The molecule has 0 saturated carbocycles. The van der Waals surface area contributed by atoms with Gasteiger partial charge in [0, 0.05) is 21.4 Å². The van der Waals surface area contributed by atoms with Gasteiger partial charge in [-0.1, -0.05) is 54.1 Å². The largest absolute Gasteiger partial charge is 0.507 e. The highest BCUT2D eigenvalue weighted by Gasteiger charge is 2.24. The zero-order valence-corrected chi connectivity index (χ0v) is 18.4. The van der Waals surface area contributed by atoms with E-state index in [-0.39, 0.29) is 5.75 Å². The molecule has 0 unspecified atom stereocenters. The molecule has 3 nitrogen and oxygen atoms in total. The number of hydrogen-bond acceptors (Lipinski definition) is 4. The molecule has 0 spiro atoms. The molecule has 5 heteroatoms. The molecule has 0 bridgehead atoms. The number of aryl methyl sites for hydroxylation is 1. The average Bonchev–Trinajstić information content (AvgIpc) is 3.42. The van der Waals surface area contributed by atoms with Gasteiger partial charge >= 0.3 is 0 Å². The van der Waals surface area contributed by atoms with Crippen molar-refractivity contribution in [2.75, 3.05) is 0 Å². The van der Waals surface area contributed by atoms with Crippen molar-refractivity contribution in [3.05, 3.63) is 95.4 Å². The van der Waals surface area contributed by atoms with Crippen LogP contribution in [0.3, 0.4) is 0 Å². The molecule has 2 aromatic heterocycles. The van der Waals surface area contributed by atoms with Gasteiger partial charge in [-0.25, -0.2) is 0 Å². The van der Waals surface area contributed by atoms with E-state index in [4.69, 9.17) is 0 Å². The average molecular weight is 439 g/mol. The molecule has 0 radical (unpaired) electrons. The Morgan fingerprint density at radius 3 is 2.48 bits per heavy atom. The molecule has 0 saturated heterocycles. The maximum Gasteiger partial charge on any atom is 0.133 e. The number of thiophene rings is 1. The molecule has 2 heterocycles. The standard InChI is InChI=1S/C26H18N2OS2/c1-17-11-13-18(14-12-17)31-28-22-8-3-2-6-20(22)25(26(28)24-10-5-15-30-24)19-7-4-9-23(29)21(19)16-27/h2-15,29H,1H3. The van der Waals surface area contributed by atoms with E-state index in [9.17, 15) is 10.4 Å². The minimum Gasteiger partial charge on any atom is -0.507 e. The van der Waals surface area contributed by atoms with Crippen molar-refractivity contribution in [2.24, 2.45) is 0 Å². The number of para-hydroxylation sites is 1. The summed E-state index contributed by atoms with van der Waals surface area (Å²) >= 11 is 3.33. The highest BCUT2D eigenvalue weighted by atomic mass is 32.2. The fourth-order valence-corrected chi connectivity index (χ4v) is 5.62. The molecule has 0 aliphatic heterocycles. The van der Waals surface area contributed by atoms with E-state index in [1.54, 1.807) is 35.4 Å². The van der Waals surface area contributed by atoms with Gasteiger partial charge in [0.1, 0.15) is 17.4 Å². The quantitative estimate of drug-likeness (QED) is 0.316. The zero-order chi connectivity index (χ0) is 21.4. The Morgan fingerprint density at radius 2 is 1.74 bits per heavy atom. The predicted molar refractivity (Wildman–Crippen MR) is 130 cm³/mol. The van der Waals surface area contributed by atoms with Crippen molar-refractivity contribution < 1.29 is 5.11 Å². The number of nitriles is 1. The second kappa shape index (κ2) is 7.99. The summed E-state index contributed by atoms with van der Waals surface area (Å²) in [6.07, 6.45) is 0. The molecule has 0 aliphatic carbocycles. The highest BCUT2D eigenvalue weighted by molar-refractivity contribution is 7.98. The lowest BCUT2D eigenvalue weighted by molar-refractivity contribution is 0.474. The Morgan fingerprint density at radius 1 is 0.935 bits per heavy atom. The van der Waals surface area contributed by atoms with Crippen LogP contribution in [-0.2, 0) is 0 Å². The van der Waals surface area contributed by atoms with Gasteiger partial charge in [-0.3, -0.25) is 3.97 Å². The molecular weight excluding hydrogens is 420 g/mol. The number of rotatable bonds is 4. The van der Waals surface area contributed by atoms with Crippen LogP contribution in [0.15, 0.2) is 89.1 Å². The second-order valence-electron chi connectivity index (χ2n) is 7.23. The maximum absolute atomic E-state index is 10.4. The third-order valence-electron chi connectivity index (χ3n) is 5.23. The number of aromatic nitrogens is 1. The summed E-state index contributed by atoms with van der Waals surface area (Å²) in [5, 5.41) is 23.3. The van der Waals surface area contributed by atoms with Crippen LogP contribution in [0.25, 0.3) is 32.6 Å². The lowest BCUT2D eigenvalue weighted by Crippen LogP contribution is -1.92. The van der Waals surface area contributed by atoms with Crippen LogP contribution >= 0.6 is 23.3 Å². The van der Waals surface area contributed by atoms with Crippen LogP contribution in [0, 0.1) is 18.3 Å². The van der Waals surface area contributed by atoms with Crippen LogP contribution in [0.5, 0.6) is 5.75 Å². The first-order valence-corrected chi connectivity index (χ1v) is 11.5. The van der Waals surface area contributed by atoms with Crippen molar-refractivity contribution in [1.82, 2.24) is 3.97 Å². The molecule has 150 valence electrons. The third-order valence-corrected chi connectivity index (χ3v) is 7.15. The molecule has 0 aliphatic rings. The summed E-state index contributed by atoms with van der Waals surface area (Å²) in [7, 11) is 0. The van der Waals surface area contributed by atoms with Crippen molar-refractivity contribution in [3.63, 3.8) is 0 Å². The number of aromatic hydroxyl groups is 1. The van der Waals surface area contributed by atoms with Crippen molar-refractivity contribution >= 4 is 34.2 Å². The SMILES string of the molecule is Cc1ccc(Sn2c(-c3cccs3)c(-c3cccc(O)c3C#N)c3ccccc32)cc1. The topological polar surface area (TPSA) is 49.0 Å². The predicted octanol–water partition coefficient (Wildman–Crippen LogP) is 7.48. The van der Waals surface area contributed by atoms with Gasteiger partial charge in [0.2, 0.25) is 0 Å². The summed E-state index contributed by atoms with van der Waals surface area (Å²) in [5.41, 5.74) is 5.32. The van der Waals surface area contributed by atoms with Gasteiger partial charge < -0.3 is 5.11 Å².